The van der Waals surface area contributed by atoms with E-state index < -0.39 is 23.8 Å². The van der Waals surface area contributed by atoms with Crippen LogP contribution in [0.15, 0.2) is 54.9 Å². The highest BCUT2D eigenvalue weighted by Gasteiger charge is 2.35. The van der Waals surface area contributed by atoms with E-state index in [1.54, 1.807) is 17.0 Å². The van der Waals surface area contributed by atoms with Crippen molar-refractivity contribution in [1.82, 2.24) is 14.9 Å². The van der Waals surface area contributed by atoms with Crippen molar-refractivity contribution in [1.29, 1.82) is 0 Å². The molecule has 38 heavy (non-hydrogen) atoms. The van der Waals surface area contributed by atoms with E-state index in [-0.39, 0.29) is 22.3 Å². The van der Waals surface area contributed by atoms with Crippen molar-refractivity contribution < 1.29 is 27.4 Å². The van der Waals surface area contributed by atoms with Crippen LogP contribution in [0.5, 0.6) is 11.5 Å². The Labute approximate surface area is 221 Å². The minimum atomic E-state index is -4.54. The Bertz CT molecular complexity index is 1440. The van der Waals surface area contributed by atoms with E-state index in [2.05, 4.69) is 10.3 Å². The average Bonchev–Trinajstić information content (AvgIpc) is 3.40. The van der Waals surface area contributed by atoms with Crippen LogP contribution in [0.3, 0.4) is 0 Å². The molecule has 0 unspecified atom stereocenters. The largest absolute Gasteiger partial charge is 0.490 e. The van der Waals surface area contributed by atoms with Gasteiger partial charge in [0.05, 0.1) is 22.7 Å². The monoisotopic (exact) mass is 544 g/mol. The van der Waals surface area contributed by atoms with Crippen molar-refractivity contribution in [2.45, 2.75) is 44.6 Å². The van der Waals surface area contributed by atoms with Crippen molar-refractivity contribution in [3.05, 3.63) is 70.9 Å². The van der Waals surface area contributed by atoms with Crippen molar-refractivity contribution in [3.63, 3.8) is 0 Å². The number of primary amides is 1. The Morgan fingerprint density at radius 2 is 2.00 bits per heavy atom. The van der Waals surface area contributed by atoms with Crippen LogP contribution in [0.25, 0.3) is 16.0 Å². The number of amides is 1. The molecule has 5 rings (SSSR count). The molecule has 0 aliphatic carbocycles. The molecule has 1 saturated heterocycles. The van der Waals surface area contributed by atoms with Crippen molar-refractivity contribution in [2.24, 2.45) is 5.73 Å². The molecule has 200 valence electrons. The number of fused-ring (bicyclic) bond motifs is 1. The molecule has 4 aromatic rings. The fourth-order valence-electron chi connectivity index (χ4n) is 4.64. The minimum absolute atomic E-state index is 0.0354. The number of nitrogens with zero attached hydrogens (tertiary/aromatic N) is 2. The summed E-state index contributed by atoms with van der Waals surface area (Å²) in [7, 11) is 0. The zero-order valence-electron chi connectivity index (χ0n) is 20.6. The van der Waals surface area contributed by atoms with Gasteiger partial charge in [0, 0.05) is 17.7 Å². The van der Waals surface area contributed by atoms with Gasteiger partial charge in [0.2, 0.25) is 0 Å². The van der Waals surface area contributed by atoms with Gasteiger partial charge in [-0.2, -0.15) is 13.2 Å². The molecule has 11 heteroatoms. The normalized spacial score (nSPS) is 17.2. The summed E-state index contributed by atoms with van der Waals surface area (Å²) in [5.41, 5.74) is 6.27. The molecule has 3 heterocycles. The third kappa shape index (κ3) is 5.48. The van der Waals surface area contributed by atoms with Gasteiger partial charge in [-0.3, -0.25) is 9.36 Å². The number of benzene rings is 2. The van der Waals surface area contributed by atoms with Gasteiger partial charge >= 0.3 is 6.18 Å². The Morgan fingerprint density at radius 3 is 2.79 bits per heavy atom. The molecule has 1 amide bonds. The number of thiophene rings is 1. The Hall–Kier alpha value is -3.57. The molecular formula is C27H27F3N4O3S. The van der Waals surface area contributed by atoms with Crippen LogP contribution in [0.4, 0.5) is 13.2 Å². The number of nitrogens with two attached hydrogens (primary N) is 1. The molecule has 0 saturated carbocycles. The fourth-order valence-corrected chi connectivity index (χ4v) is 5.56. The number of nitrogens with one attached hydrogen (secondary N) is 1. The van der Waals surface area contributed by atoms with Crippen LogP contribution in [0.2, 0.25) is 0 Å². The maximum Gasteiger partial charge on any atom is 0.416 e. The lowest BCUT2D eigenvalue weighted by Crippen LogP contribution is -2.19. The van der Waals surface area contributed by atoms with E-state index in [0.29, 0.717) is 10.8 Å². The van der Waals surface area contributed by atoms with Crippen LogP contribution in [-0.2, 0) is 6.18 Å². The smallest absolute Gasteiger partial charge is 0.416 e. The van der Waals surface area contributed by atoms with E-state index in [0.717, 1.165) is 60.8 Å². The van der Waals surface area contributed by atoms with Crippen LogP contribution < -0.4 is 20.5 Å². The van der Waals surface area contributed by atoms with Gasteiger partial charge < -0.3 is 20.5 Å². The SMILES string of the molecule is C[C@@H](Oc1cc(-n2cnc3ccc(O[C@H]4CCCNCC4)cc32)sc1C(N)=O)c1ccccc1C(F)(F)F. The zero-order chi connectivity index (χ0) is 26.9. The topological polar surface area (TPSA) is 91.4 Å². The van der Waals surface area contributed by atoms with Crippen LogP contribution in [0, 0.1) is 0 Å². The second kappa shape index (κ2) is 10.7. The van der Waals surface area contributed by atoms with Crippen molar-refractivity contribution >= 4 is 28.3 Å². The van der Waals surface area contributed by atoms with E-state index in [1.165, 1.54) is 25.1 Å². The van der Waals surface area contributed by atoms with E-state index >= 15 is 0 Å². The number of hydrogen-bond donors (Lipinski definition) is 2. The number of hydrogen-bond acceptors (Lipinski definition) is 6. The molecule has 2 atom stereocenters. The number of imidazole rings is 1. The van der Waals surface area contributed by atoms with E-state index in [1.807, 2.05) is 18.2 Å². The lowest BCUT2D eigenvalue weighted by Gasteiger charge is -2.19. The first-order valence-electron chi connectivity index (χ1n) is 12.3. The summed E-state index contributed by atoms with van der Waals surface area (Å²) < 4.78 is 54.6. The maximum atomic E-state index is 13.5. The van der Waals surface area contributed by atoms with Gasteiger partial charge in [-0.05, 0) is 57.5 Å². The lowest BCUT2D eigenvalue weighted by molar-refractivity contribution is -0.139. The first kappa shape index (κ1) is 26.1. The predicted molar refractivity (Wildman–Crippen MR) is 139 cm³/mol. The molecule has 1 aliphatic heterocycles. The quantitative estimate of drug-likeness (QED) is 0.304. The number of halogens is 3. The molecule has 7 nitrogen and oxygen atoms in total. The average molecular weight is 545 g/mol. The fraction of sp³-hybridized carbons (Fsp3) is 0.333. The van der Waals surface area contributed by atoms with Gasteiger partial charge in [0.25, 0.3) is 5.91 Å². The molecule has 0 spiro atoms. The molecule has 0 bridgehead atoms. The van der Waals surface area contributed by atoms with Crippen LogP contribution >= 0.6 is 11.3 Å². The highest BCUT2D eigenvalue weighted by molar-refractivity contribution is 7.16. The summed E-state index contributed by atoms with van der Waals surface area (Å²) >= 11 is 1.08. The van der Waals surface area contributed by atoms with Gasteiger partial charge in [-0.1, -0.05) is 18.2 Å². The summed E-state index contributed by atoms with van der Waals surface area (Å²) in [4.78, 5) is 16.8. The number of ether oxygens (including phenoxy) is 2. The third-order valence-electron chi connectivity index (χ3n) is 6.50. The molecule has 1 aliphatic rings. The Balaban J connectivity index is 1.45. The van der Waals surface area contributed by atoms with Gasteiger partial charge in [0.1, 0.15) is 33.8 Å². The zero-order valence-corrected chi connectivity index (χ0v) is 21.4. The van der Waals surface area contributed by atoms with Gasteiger partial charge in [0.15, 0.2) is 0 Å². The standard InChI is InChI=1S/C27H27F3N4O3S/c1-16(19-6-2-3-7-20(19)27(28,29)30)36-23-14-24(38-25(23)26(31)35)34-15-33-21-9-8-18(13-22(21)34)37-17-5-4-11-32-12-10-17/h2-3,6-9,13-17,32H,4-5,10-12H2,1H3,(H2,31,35)/t16-,17+/m1/s1. The number of carbonyl (C=O) groups is 1. The van der Waals surface area contributed by atoms with Crippen molar-refractivity contribution in [2.75, 3.05) is 13.1 Å². The molecule has 2 aromatic heterocycles. The second-order valence-electron chi connectivity index (χ2n) is 9.17. The first-order chi connectivity index (χ1) is 18.2. The van der Waals surface area contributed by atoms with E-state index in [9.17, 15) is 18.0 Å². The third-order valence-corrected chi connectivity index (χ3v) is 7.63. The summed E-state index contributed by atoms with van der Waals surface area (Å²) in [6.07, 6.45) is -0.862. The number of carbonyl (C=O) groups excluding carboxylic acids is 1. The van der Waals surface area contributed by atoms with E-state index in [4.69, 9.17) is 15.2 Å². The molecule has 2 aromatic carbocycles. The minimum Gasteiger partial charge on any atom is -0.490 e. The van der Waals surface area contributed by atoms with Gasteiger partial charge in [-0.15, -0.1) is 11.3 Å². The van der Waals surface area contributed by atoms with Crippen LogP contribution in [-0.4, -0.2) is 34.7 Å². The lowest BCUT2D eigenvalue weighted by atomic mass is 10.0. The number of rotatable bonds is 7. The van der Waals surface area contributed by atoms with Crippen LogP contribution in [0.1, 0.15) is 53.1 Å². The molecule has 0 radical (unpaired) electrons. The van der Waals surface area contributed by atoms with Crippen molar-refractivity contribution in [3.8, 4) is 16.5 Å². The predicted octanol–water partition coefficient (Wildman–Crippen LogP) is 5.87. The second-order valence-corrected chi connectivity index (χ2v) is 10.2. The first-order valence-corrected chi connectivity index (χ1v) is 13.1. The molecular weight excluding hydrogens is 517 g/mol. The number of alkyl halides is 3. The maximum absolute atomic E-state index is 13.5. The molecule has 1 fully saturated rings. The molecule has 3 N–H and O–H groups in total. The highest BCUT2D eigenvalue weighted by atomic mass is 32.1. The Kier molecular flexibility index (Phi) is 7.31. The highest BCUT2D eigenvalue weighted by Crippen LogP contribution is 2.39. The number of aromatic nitrogens is 2. The summed E-state index contributed by atoms with van der Waals surface area (Å²) in [6.45, 7) is 3.40. The summed E-state index contributed by atoms with van der Waals surface area (Å²) in [5, 5.41) is 3.96. The summed E-state index contributed by atoms with van der Waals surface area (Å²) in [6, 6.07) is 12.5. The Morgan fingerprint density at radius 1 is 1.18 bits per heavy atom. The van der Waals surface area contributed by atoms with Gasteiger partial charge in [-0.25, -0.2) is 4.98 Å². The summed E-state index contributed by atoms with van der Waals surface area (Å²) in [5.74, 6) is 0.0943.